The van der Waals surface area contributed by atoms with Gasteiger partial charge in [0.15, 0.2) is 5.69 Å². The topological polar surface area (TPSA) is 81.0 Å². The van der Waals surface area contributed by atoms with Gasteiger partial charge in [-0.3, -0.25) is 19.1 Å². The van der Waals surface area contributed by atoms with E-state index in [9.17, 15) is 14.0 Å². The number of pyridine rings is 1. The molecule has 0 saturated carbocycles. The highest BCUT2D eigenvalue weighted by Gasteiger charge is 2.45. The smallest absolute Gasteiger partial charge is 0.280 e. The van der Waals surface area contributed by atoms with E-state index >= 15 is 0 Å². The summed E-state index contributed by atoms with van der Waals surface area (Å²) in [5, 5.41) is 8.64. The van der Waals surface area contributed by atoms with Crippen LogP contribution in [0.3, 0.4) is 0 Å². The Morgan fingerprint density at radius 3 is 2.43 bits per heavy atom. The van der Waals surface area contributed by atoms with Gasteiger partial charge < -0.3 is 4.90 Å². The number of nitrogens with zero attached hydrogens (tertiary/aromatic N) is 5. The van der Waals surface area contributed by atoms with Gasteiger partial charge in [0, 0.05) is 43.0 Å². The fourth-order valence-corrected chi connectivity index (χ4v) is 4.53. The number of aromatic nitrogens is 4. The minimum absolute atomic E-state index is 0.0221. The molecule has 4 heterocycles. The van der Waals surface area contributed by atoms with E-state index in [2.05, 4.69) is 15.2 Å². The van der Waals surface area contributed by atoms with Gasteiger partial charge in [0.05, 0.1) is 5.56 Å². The lowest BCUT2D eigenvalue weighted by molar-refractivity contribution is 0.0662. The van der Waals surface area contributed by atoms with Gasteiger partial charge in [-0.25, -0.2) is 4.39 Å². The molecule has 1 aromatic carbocycles. The van der Waals surface area contributed by atoms with Crippen molar-refractivity contribution in [2.75, 3.05) is 13.1 Å². The Morgan fingerprint density at radius 1 is 1.00 bits per heavy atom. The van der Waals surface area contributed by atoms with Gasteiger partial charge in [-0.1, -0.05) is 0 Å². The Morgan fingerprint density at radius 2 is 1.73 bits per heavy atom. The number of piperidine rings is 1. The average molecular weight is 405 g/mol. The molecule has 1 amide bonds. The largest absolute Gasteiger partial charge is 0.339 e. The lowest BCUT2D eigenvalue weighted by Gasteiger charge is -2.38. The number of carbonyl (C=O) groups is 1. The van der Waals surface area contributed by atoms with E-state index < -0.39 is 0 Å². The number of carbonyl (C=O) groups excluding carboxylic acids is 1. The number of halogens is 1. The SMILES string of the molecule is O=C(c1cccnc1)N1CCC2(CC1)CCn1c2nnc(-c2ccc(F)cc2)c1=O. The number of rotatable bonds is 2. The summed E-state index contributed by atoms with van der Waals surface area (Å²) in [7, 11) is 0. The van der Waals surface area contributed by atoms with Crippen molar-refractivity contribution in [1.82, 2.24) is 24.6 Å². The van der Waals surface area contributed by atoms with E-state index in [-0.39, 0.29) is 28.4 Å². The predicted molar refractivity (Wildman–Crippen MR) is 107 cm³/mol. The molecule has 2 aliphatic rings. The van der Waals surface area contributed by atoms with Gasteiger partial charge in [0.2, 0.25) is 0 Å². The maximum Gasteiger partial charge on any atom is 0.280 e. The second-order valence-corrected chi connectivity index (χ2v) is 7.90. The number of hydrogen-bond acceptors (Lipinski definition) is 5. The van der Waals surface area contributed by atoms with Crippen molar-refractivity contribution in [3.8, 4) is 11.3 Å². The average Bonchev–Trinajstić information content (AvgIpc) is 3.14. The Bertz CT molecular complexity index is 1150. The highest BCUT2D eigenvalue weighted by Crippen LogP contribution is 2.41. The number of fused-ring (bicyclic) bond motifs is 2. The Labute approximate surface area is 172 Å². The van der Waals surface area contributed by atoms with Crippen LogP contribution in [0.15, 0.2) is 53.6 Å². The normalized spacial score (nSPS) is 17.2. The maximum atomic E-state index is 13.2. The molecule has 0 N–H and O–H groups in total. The molecule has 0 unspecified atom stereocenters. The molecule has 1 fully saturated rings. The molecule has 8 heteroatoms. The minimum Gasteiger partial charge on any atom is -0.339 e. The monoisotopic (exact) mass is 405 g/mol. The number of amides is 1. The van der Waals surface area contributed by atoms with Crippen LogP contribution in [-0.2, 0) is 12.0 Å². The molecule has 1 saturated heterocycles. The zero-order valence-electron chi connectivity index (χ0n) is 16.3. The zero-order chi connectivity index (χ0) is 20.7. The van der Waals surface area contributed by atoms with Gasteiger partial charge in [-0.05, 0) is 55.7 Å². The van der Waals surface area contributed by atoms with Crippen molar-refractivity contribution in [2.24, 2.45) is 0 Å². The standard InChI is InChI=1S/C22H20FN5O2/c23-17-5-3-15(4-6-17)18-20(30)28-13-9-22(21(28)26-25-18)7-11-27(12-8-22)19(29)16-2-1-10-24-14-16/h1-6,10,14H,7-9,11-13H2. The first-order chi connectivity index (χ1) is 14.6. The Balaban J connectivity index is 1.39. The van der Waals surface area contributed by atoms with E-state index in [0.29, 0.717) is 36.6 Å². The molecule has 0 aliphatic carbocycles. The van der Waals surface area contributed by atoms with Crippen molar-refractivity contribution in [1.29, 1.82) is 0 Å². The minimum atomic E-state index is -0.362. The molecule has 0 bridgehead atoms. The lowest BCUT2D eigenvalue weighted by Crippen LogP contribution is -2.45. The molecular weight excluding hydrogens is 385 g/mol. The third kappa shape index (κ3) is 2.99. The van der Waals surface area contributed by atoms with Crippen molar-refractivity contribution < 1.29 is 9.18 Å². The van der Waals surface area contributed by atoms with E-state index in [1.165, 1.54) is 12.1 Å². The van der Waals surface area contributed by atoms with Crippen LogP contribution in [0.4, 0.5) is 4.39 Å². The first-order valence-corrected chi connectivity index (χ1v) is 10.0. The summed E-state index contributed by atoms with van der Waals surface area (Å²) in [6.45, 7) is 1.78. The molecular formula is C22H20FN5O2. The van der Waals surface area contributed by atoms with Crippen molar-refractivity contribution in [2.45, 2.75) is 31.2 Å². The summed E-state index contributed by atoms with van der Waals surface area (Å²) in [4.78, 5) is 31.6. The fourth-order valence-electron chi connectivity index (χ4n) is 4.53. The van der Waals surface area contributed by atoms with Gasteiger partial charge in [0.1, 0.15) is 11.6 Å². The molecule has 3 aromatic rings. The number of hydrogen-bond donors (Lipinski definition) is 0. The third-order valence-corrected chi connectivity index (χ3v) is 6.27. The van der Waals surface area contributed by atoms with Crippen LogP contribution in [0.1, 0.15) is 35.4 Å². The van der Waals surface area contributed by atoms with E-state index in [1.807, 2.05) is 4.90 Å². The zero-order valence-corrected chi connectivity index (χ0v) is 16.3. The van der Waals surface area contributed by atoms with Gasteiger partial charge >= 0.3 is 0 Å². The summed E-state index contributed by atoms with van der Waals surface area (Å²) >= 11 is 0. The van der Waals surface area contributed by atoms with E-state index in [4.69, 9.17) is 0 Å². The quantitative estimate of drug-likeness (QED) is 0.654. The summed E-state index contributed by atoms with van der Waals surface area (Å²) in [5.41, 5.74) is 0.943. The van der Waals surface area contributed by atoms with Crippen LogP contribution < -0.4 is 5.56 Å². The van der Waals surface area contributed by atoms with Gasteiger partial charge in [-0.2, -0.15) is 0 Å². The molecule has 2 aromatic heterocycles. The number of benzene rings is 1. The predicted octanol–water partition coefficient (Wildman–Crippen LogP) is 2.42. The van der Waals surface area contributed by atoms with Gasteiger partial charge in [0.25, 0.3) is 11.5 Å². The summed E-state index contributed by atoms with van der Waals surface area (Å²) in [5.74, 6) is 0.317. The second kappa shape index (κ2) is 7.12. The molecule has 7 nitrogen and oxygen atoms in total. The first-order valence-electron chi connectivity index (χ1n) is 10.0. The third-order valence-electron chi connectivity index (χ3n) is 6.27. The van der Waals surface area contributed by atoms with Crippen LogP contribution in [0.2, 0.25) is 0 Å². The molecule has 30 heavy (non-hydrogen) atoms. The summed E-state index contributed by atoms with van der Waals surface area (Å²) < 4.78 is 14.9. The highest BCUT2D eigenvalue weighted by molar-refractivity contribution is 5.93. The molecule has 1 spiro atoms. The molecule has 0 atom stereocenters. The molecule has 152 valence electrons. The highest BCUT2D eigenvalue weighted by atomic mass is 19.1. The molecule has 0 radical (unpaired) electrons. The maximum absolute atomic E-state index is 13.2. The molecule has 2 aliphatic heterocycles. The van der Waals surface area contributed by atoms with Crippen molar-refractivity contribution >= 4 is 5.91 Å². The molecule has 5 rings (SSSR count). The first kappa shape index (κ1) is 18.6. The second-order valence-electron chi connectivity index (χ2n) is 7.90. The van der Waals surface area contributed by atoms with Gasteiger partial charge in [-0.15, -0.1) is 10.2 Å². The Kier molecular flexibility index (Phi) is 4.42. The van der Waals surface area contributed by atoms with Crippen molar-refractivity contribution in [3.63, 3.8) is 0 Å². The van der Waals surface area contributed by atoms with Crippen LogP contribution in [0, 0.1) is 5.82 Å². The van der Waals surface area contributed by atoms with Crippen LogP contribution in [0.5, 0.6) is 0 Å². The van der Waals surface area contributed by atoms with Crippen LogP contribution >= 0.6 is 0 Å². The van der Waals surface area contributed by atoms with E-state index in [0.717, 1.165) is 19.3 Å². The van der Waals surface area contributed by atoms with Crippen LogP contribution in [-0.4, -0.2) is 43.6 Å². The van der Waals surface area contributed by atoms with Crippen LogP contribution in [0.25, 0.3) is 11.3 Å². The Hall–Kier alpha value is -3.42. The summed E-state index contributed by atoms with van der Waals surface area (Å²) in [6, 6.07) is 9.23. The van der Waals surface area contributed by atoms with Crippen molar-refractivity contribution in [3.05, 3.63) is 76.4 Å². The lowest BCUT2D eigenvalue weighted by atomic mass is 9.76. The van der Waals surface area contributed by atoms with E-state index in [1.54, 1.807) is 41.2 Å². The number of likely N-dealkylation sites (tertiary alicyclic amines) is 1. The summed E-state index contributed by atoms with van der Waals surface area (Å²) in [6.07, 6.45) is 5.51. The fraction of sp³-hybridized carbons (Fsp3) is 0.318.